The van der Waals surface area contributed by atoms with Crippen molar-refractivity contribution in [2.75, 3.05) is 16.8 Å². The zero-order valence-corrected chi connectivity index (χ0v) is 17.1. The molecule has 7 heteroatoms. The predicted octanol–water partition coefficient (Wildman–Crippen LogP) is 4.40. The lowest BCUT2D eigenvalue weighted by molar-refractivity contribution is -0.122. The van der Waals surface area contributed by atoms with Crippen LogP contribution in [-0.2, 0) is 9.59 Å². The van der Waals surface area contributed by atoms with Crippen LogP contribution in [0.2, 0.25) is 0 Å². The van der Waals surface area contributed by atoms with E-state index in [4.69, 9.17) is 4.52 Å². The summed E-state index contributed by atoms with van der Waals surface area (Å²) in [6, 6.07) is 26.2. The maximum Gasteiger partial charge on any atom is 0.258 e. The summed E-state index contributed by atoms with van der Waals surface area (Å²) in [5.74, 6) is 0.208. The largest absolute Gasteiger partial charge is 0.334 e. The molecule has 0 bridgehead atoms. The third-order valence-corrected chi connectivity index (χ3v) is 5.40. The summed E-state index contributed by atoms with van der Waals surface area (Å²) in [5, 5.41) is 6.96. The van der Waals surface area contributed by atoms with Crippen LogP contribution in [0.4, 0.5) is 11.4 Å². The molecule has 1 aliphatic rings. The molecule has 0 unspecified atom stereocenters. The second-order valence-electron chi connectivity index (χ2n) is 7.60. The van der Waals surface area contributed by atoms with Crippen molar-refractivity contribution in [2.24, 2.45) is 5.92 Å². The molecule has 0 spiro atoms. The average Bonchev–Trinajstić information content (AvgIpc) is 3.48. The van der Waals surface area contributed by atoms with Crippen LogP contribution in [0, 0.1) is 5.92 Å². The first kappa shape index (κ1) is 19.7. The third-order valence-electron chi connectivity index (χ3n) is 5.40. The van der Waals surface area contributed by atoms with Crippen LogP contribution < -0.4 is 10.2 Å². The first-order valence-electron chi connectivity index (χ1n) is 10.3. The summed E-state index contributed by atoms with van der Waals surface area (Å²) >= 11 is 0. The van der Waals surface area contributed by atoms with E-state index in [0.717, 1.165) is 11.3 Å². The van der Waals surface area contributed by atoms with Crippen LogP contribution in [0.1, 0.15) is 6.42 Å². The summed E-state index contributed by atoms with van der Waals surface area (Å²) in [4.78, 5) is 31.4. The SMILES string of the molecule is O=C(Nc1cccc(-c2nc(-c3ccccc3)no2)c1)[C@@H]1CC(=O)N(c2ccccc2)C1. The number of para-hydroxylation sites is 1. The van der Waals surface area contributed by atoms with Crippen LogP contribution in [0.25, 0.3) is 22.8 Å². The number of carbonyl (C=O) groups is 2. The highest BCUT2D eigenvalue weighted by Gasteiger charge is 2.35. The fourth-order valence-corrected chi connectivity index (χ4v) is 3.76. The van der Waals surface area contributed by atoms with E-state index in [1.54, 1.807) is 17.0 Å². The quantitative estimate of drug-likeness (QED) is 0.513. The van der Waals surface area contributed by atoms with Crippen LogP contribution in [-0.4, -0.2) is 28.5 Å². The smallest absolute Gasteiger partial charge is 0.258 e. The van der Waals surface area contributed by atoms with Gasteiger partial charge < -0.3 is 14.7 Å². The molecule has 0 aliphatic carbocycles. The van der Waals surface area contributed by atoms with Crippen molar-refractivity contribution in [3.05, 3.63) is 84.9 Å². The maximum absolute atomic E-state index is 12.8. The first-order chi connectivity index (χ1) is 15.7. The zero-order valence-electron chi connectivity index (χ0n) is 17.1. The Labute approximate surface area is 184 Å². The fourth-order valence-electron chi connectivity index (χ4n) is 3.76. The second kappa shape index (κ2) is 8.47. The third kappa shape index (κ3) is 4.00. The maximum atomic E-state index is 12.8. The summed E-state index contributed by atoms with van der Waals surface area (Å²) in [6.45, 7) is 0.360. The number of hydrogen-bond donors (Lipinski definition) is 1. The minimum atomic E-state index is -0.417. The standard InChI is InChI=1S/C25H20N4O3/c30-22-15-19(16-29(22)21-12-5-2-6-13-21)24(31)26-20-11-7-10-18(14-20)25-27-23(28-32-25)17-8-3-1-4-9-17/h1-14,19H,15-16H2,(H,26,31)/t19-/m1/s1. The Balaban J connectivity index is 1.29. The highest BCUT2D eigenvalue weighted by molar-refractivity contribution is 6.03. The lowest BCUT2D eigenvalue weighted by Gasteiger charge is -2.16. The number of hydrogen-bond acceptors (Lipinski definition) is 5. The molecule has 5 rings (SSSR count). The molecule has 158 valence electrons. The number of benzene rings is 3. The molecular weight excluding hydrogens is 404 g/mol. The van der Waals surface area contributed by atoms with E-state index >= 15 is 0 Å². The number of amides is 2. The van der Waals surface area contributed by atoms with E-state index in [1.807, 2.05) is 72.8 Å². The number of rotatable bonds is 5. The lowest BCUT2D eigenvalue weighted by atomic mass is 10.1. The van der Waals surface area contributed by atoms with Gasteiger partial charge in [-0.3, -0.25) is 9.59 Å². The van der Waals surface area contributed by atoms with E-state index in [-0.39, 0.29) is 18.2 Å². The number of nitrogens with zero attached hydrogens (tertiary/aromatic N) is 3. The van der Waals surface area contributed by atoms with Crippen molar-refractivity contribution in [1.29, 1.82) is 0 Å². The van der Waals surface area contributed by atoms with Gasteiger partial charge in [0.15, 0.2) is 0 Å². The molecule has 1 aliphatic heterocycles. The molecule has 2 heterocycles. The summed E-state index contributed by atoms with van der Waals surface area (Å²) < 4.78 is 5.42. The number of aromatic nitrogens is 2. The van der Waals surface area contributed by atoms with Gasteiger partial charge in [0.05, 0.1) is 5.92 Å². The van der Waals surface area contributed by atoms with Gasteiger partial charge in [0, 0.05) is 35.5 Å². The lowest BCUT2D eigenvalue weighted by Crippen LogP contribution is -2.28. The van der Waals surface area contributed by atoms with Gasteiger partial charge in [0.1, 0.15) is 0 Å². The predicted molar refractivity (Wildman–Crippen MR) is 121 cm³/mol. The second-order valence-corrected chi connectivity index (χ2v) is 7.60. The summed E-state index contributed by atoms with van der Waals surface area (Å²) in [7, 11) is 0. The van der Waals surface area contributed by atoms with E-state index in [2.05, 4.69) is 15.5 Å². The monoisotopic (exact) mass is 424 g/mol. The van der Waals surface area contributed by atoms with Crippen LogP contribution in [0.15, 0.2) is 89.5 Å². The molecule has 1 saturated heterocycles. The van der Waals surface area contributed by atoms with Gasteiger partial charge in [-0.1, -0.05) is 59.8 Å². The Hall–Kier alpha value is -4.26. The van der Waals surface area contributed by atoms with Gasteiger partial charge in [0.25, 0.3) is 5.89 Å². The van der Waals surface area contributed by atoms with Gasteiger partial charge in [-0.05, 0) is 30.3 Å². The van der Waals surface area contributed by atoms with Gasteiger partial charge >= 0.3 is 0 Å². The van der Waals surface area contributed by atoms with Crippen molar-refractivity contribution >= 4 is 23.2 Å². The van der Waals surface area contributed by atoms with Gasteiger partial charge in [-0.25, -0.2) is 0 Å². The van der Waals surface area contributed by atoms with Crippen LogP contribution >= 0.6 is 0 Å². The van der Waals surface area contributed by atoms with E-state index in [1.165, 1.54) is 0 Å². The molecule has 1 aromatic heterocycles. The van der Waals surface area contributed by atoms with Crippen LogP contribution in [0.3, 0.4) is 0 Å². The molecule has 1 fully saturated rings. The fraction of sp³-hybridized carbons (Fsp3) is 0.120. The average molecular weight is 424 g/mol. The van der Waals surface area contributed by atoms with E-state index < -0.39 is 5.92 Å². The Morgan fingerprint density at radius 2 is 1.66 bits per heavy atom. The Morgan fingerprint density at radius 1 is 0.938 bits per heavy atom. The minimum absolute atomic E-state index is 0.0515. The molecule has 2 amide bonds. The number of carbonyl (C=O) groups excluding carboxylic acids is 2. The van der Waals surface area contributed by atoms with Crippen molar-refractivity contribution in [3.63, 3.8) is 0 Å². The molecule has 3 aromatic carbocycles. The minimum Gasteiger partial charge on any atom is -0.334 e. The van der Waals surface area contributed by atoms with Gasteiger partial charge in [-0.15, -0.1) is 0 Å². The van der Waals surface area contributed by atoms with E-state index in [0.29, 0.717) is 29.5 Å². The Bertz CT molecular complexity index is 1250. The van der Waals surface area contributed by atoms with Gasteiger partial charge in [-0.2, -0.15) is 4.98 Å². The Kier molecular flexibility index (Phi) is 5.21. The van der Waals surface area contributed by atoms with Crippen molar-refractivity contribution < 1.29 is 14.1 Å². The normalized spacial score (nSPS) is 15.7. The van der Waals surface area contributed by atoms with Crippen LogP contribution in [0.5, 0.6) is 0 Å². The summed E-state index contributed by atoms with van der Waals surface area (Å²) in [6.07, 6.45) is 0.185. The van der Waals surface area contributed by atoms with Crippen molar-refractivity contribution in [2.45, 2.75) is 6.42 Å². The molecule has 1 atom stereocenters. The van der Waals surface area contributed by atoms with Gasteiger partial charge in [0.2, 0.25) is 17.6 Å². The van der Waals surface area contributed by atoms with Crippen molar-refractivity contribution in [1.82, 2.24) is 10.1 Å². The topological polar surface area (TPSA) is 88.3 Å². The number of nitrogens with one attached hydrogen (secondary N) is 1. The molecule has 7 nitrogen and oxygen atoms in total. The zero-order chi connectivity index (χ0) is 21.9. The molecule has 4 aromatic rings. The molecule has 0 radical (unpaired) electrons. The first-order valence-corrected chi connectivity index (χ1v) is 10.3. The highest BCUT2D eigenvalue weighted by Crippen LogP contribution is 2.27. The summed E-state index contributed by atoms with van der Waals surface area (Å²) in [5.41, 5.74) is 2.98. The number of anilines is 2. The van der Waals surface area contributed by atoms with Crippen molar-refractivity contribution in [3.8, 4) is 22.8 Å². The molecule has 0 saturated carbocycles. The Morgan fingerprint density at radius 3 is 2.44 bits per heavy atom. The molecular formula is C25H20N4O3. The highest BCUT2D eigenvalue weighted by atomic mass is 16.5. The molecule has 1 N–H and O–H groups in total. The molecule has 32 heavy (non-hydrogen) atoms. The van der Waals surface area contributed by atoms with E-state index in [9.17, 15) is 9.59 Å².